The highest BCUT2D eigenvalue weighted by Crippen LogP contribution is 2.23. The zero-order valence-corrected chi connectivity index (χ0v) is 12.9. The number of carbonyl (C=O) groups is 1. The fourth-order valence-electron chi connectivity index (χ4n) is 1.68. The van der Waals surface area contributed by atoms with Crippen LogP contribution in [0.5, 0.6) is 0 Å². The highest BCUT2D eigenvalue weighted by atomic mass is 35.5. The third-order valence-electron chi connectivity index (χ3n) is 2.75. The van der Waals surface area contributed by atoms with Crippen LogP contribution in [-0.4, -0.2) is 21.5 Å². The molecule has 1 N–H and O–H groups in total. The average molecular weight is 344 g/mol. The van der Waals surface area contributed by atoms with Gasteiger partial charge in [0.15, 0.2) is 0 Å². The number of ether oxygens (including phenoxy) is 1. The highest BCUT2D eigenvalue weighted by Gasteiger charge is 2.17. The summed E-state index contributed by atoms with van der Waals surface area (Å²) in [5.41, 5.74) is 0.164. The molecule has 0 saturated carbocycles. The first-order valence-corrected chi connectivity index (χ1v) is 7.86. The van der Waals surface area contributed by atoms with Gasteiger partial charge in [0.2, 0.25) is 0 Å². The van der Waals surface area contributed by atoms with Gasteiger partial charge in [0.05, 0.1) is 22.6 Å². The quantitative estimate of drug-likeness (QED) is 0.866. The van der Waals surface area contributed by atoms with Crippen molar-refractivity contribution in [2.75, 3.05) is 11.8 Å². The van der Waals surface area contributed by atoms with E-state index in [0.717, 1.165) is 24.3 Å². The third-order valence-corrected chi connectivity index (χ3v) is 4.47. The molecule has 0 aliphatic heterocycles. The number of carbonyl (C=O) groups excluding carboxylic acids is 1. The van der Waals surface area contributed by atoms with Crippen molar-refractivity contribution < 1.29 is 22.3 Å². The van der Waals surface area contributed by atoms with Gasteiger partial charge in [-0.25, -0.2) is 17.6 Å². The normalized spacial score (nSPS) is 11.0. The predicted molar refractivity (Wildman–Crippen MR) is 80.0 cm³/mol. The number of rotatable bonds is 4. The Morgan fingerprint density at radius 3 is 2.41 bits per heavy atom. The summed E-state index contributed by atoms with van der Waals surface area (Å²) in [6.45, 7) is 0. The lowest BCUT2D eigenvalue weighted by atomic mass is 10.2. The second kappa shape index (κ2) is 6.33. The molecule has 5 nitrogen and oxygen atoms in total. The van der Waals surface area contributed by atoms with Crippen LogP contribution in [0.1, 0.15) is 10.4 Å². The van der Waals surface area contributed by atoms with E-state index in [1.54, 1.807) is 0 Å². The number of benzene rings is 2. The molecular formula is C14H11ClFNO4S. The van der Waals surface area contributed by atoms with Crippen LogP contribution >= 0.6 is 11.6 Å². The van der Waals surface area contributed by atoms with Gasteiger partial charge in [-0.3, -0.25) is 4.72 Å². The number of sulfonamides is 1. The third kappa shape index (κ3) is 3.55. The Hall–Kier alpha value is -2.12. The van der Waals surface area contributed by atoms with Crippen molar-refractivity contribution in [2.45, 2.75) is 4.90 Å². The first-order chi connectivity index (χ1) is 10.3. The summed E-state index contributed by atoms with van der Waals surface area (Å²) in [6.07, 6.45) is 0. The molecule has 0 fully saturated rings. The fourth-order valence-corrected chi connectivity index (χ4v) is 2.93. The van der Waals surface area contributed by atoms with Crippen LogP contribution in [-0.2, 0) is 14.8 Å². The van der Waals surface area contributed by atoms with Gasteiger partial charge in [0.1, 0.15) is 5.82 Å². The fraction of sp³-hybridized carbons (Fsp3) is 0.0714. The zero-order chi connectivity index (χ0) is 16.3. The summed E-state index contributed by atoms with van der Waals surface area (Å²) in [4.78, 5) is 11.4. The smallest absolute Gasteiger partial charge is 0.339 e. The molecule has 2 aromatic rings. The molecule has 0 atom stereocenters. The van der Waals surface area contributed by atoms with Crippen LogP contribution in [0.4, 0.5) is 10.1 Å². The van der Waals surface area contributed by atoms with Crippen molar-refractivity contribution in [1.82, 2.24) is 0 Å². The van der Waals surface area contributed by atoms with Gasteiger partial charge in [-0.1, -0.05) is 11.6 Å². The molecule has 0 bridgehead atoms. The van der Waals surface area contributed by atoms with Gasteiger partial charge in [0.25, 0.3) is 10.0 Å². The SMILES string of the molecule is COC(=O)c1cc(NS(=O)(=O)c2ccc(F)cc2)ccc1Cl. The molecule has 2 rings (SSSR count). The summed E-state index contributed by atoms with van der Waals surface area (Å²) >= 11 is 5.86. The van der Waals surface area contributed by atoms with Crippen molar-refractivity contribution >= 4 is 33.3 Å². The lowest BCUT2D eigenvalue weighted by Crippen LogP contribution is -2.13. The molecule has 0 aliphatic rings. The van der Waals surface area contributed by atoms with E-state index in [0.29, 0.717) is 0 Å². The van der Waals surface area contributed by atoms with Gasteiger partial charge >= 0.3 is 5.97 Å². The molecule has 0 aliphatic carbocycles. The van der Waals surface area contributed by atoms with Crippen LogP contribution in [0, 0.1) is 5.82 Å². The van der Waals surface area contributed by atoms with Crippen molar-refractivity contribution in [3.63, 3.8) is 0 Å². The van der Waals surface area contributed by atoms with Crippen LogP contribution in [0.2, 0.25) is 5.02 Å². The van der Waals surface area contributed by atoms with E-state index >= 15 is 0 Å². The van der Waals surface area contributed by atoms with Crippen molar-refractivity contribution in [2.24, 2.45) is 0 Å². The van der Waals surface area contributed by atoms with Crippen LogP contribution < -0.4 is 4.72 Å². The Bertz CT molecular complexity index is 806. The van der Waals surface area contributed by atoms with Crippen molar-refractivity contribution in [1.29, 1.82) is 0 Å². The summed E-state index contributed by atoms with van der Waals surface area (Å²) < 4.78 is 44.0. The van der Waals surface area contributed by atoms with Gasteiger partial charge in [-0.05, 0) is 42.5 Å². The van der Waals surface area contributed by atoms with Crippen LogP contribution in [0.25, 0.3) is 0 Å². The minimum atomic E-state index is -3.90. The number of esters is 1. The Morgan fingerprint density at radius 2 is 1.82 bits per heavy atom. The lowest BCUT2D eigenvalue weighted by molar-refractivity contribution is 0.0601. The van der Waals surface area contributed by atoms with Crippen LogP contribution in [0.3, 0.4) is 0 Å². The first kappa shape index (κ1) is 16.3. The van der Waals surface area contributed by atoms with Gasteiger partial charge in [0, 0.05) is 5.69 Å². The maximum atomic E-state index is 12.8. The predicted octanol–water partition coefficient (Wildman–Crippen LogP) is 3.07. The molecule has 0 aromatic heterocycles. The second-order valence-electron chi connectivity index (χ2n) is 4.25. The van der Waals surface area contributed by atoms with Crippen molar-refractivity contribution in [3.05, 3.63) is 58.9 Å². The number of nitrogens with one attached hydrogen (secondary N) is 1. The number of hydrogen-bond acceptors (Lipinski definition) is 4. The monoisotopic (exact) mass is 343 g/mol. The minimum absolute atomic E-state index is 0.0310. The molecular weight excluding hydrogens is 333 g/mol. The zero-order valence-electron chi connectivity index (χ0n) is 11.3. The van der Waals surface area contributed by atoms with E-state index in [2.05, 4.69) is 9.46 Å². The second-order valence-corrected chi connectivity index (χ2v) is 6.34. The molecule has 0 heterocycles. The molecule has 116 valence electrons. The van der Waals surface area contributed by atoms with E-state index in [-0.39, 0.29) is 21.2 Å². The number of methoxy groups -OCH3 is 1. The van der Waals surface area contributed by atoms with E-state index in [1.807, 2.05) is 0 Å². The van der Waals surface area contributed by atoms with E-state index < -0.39 is 21.8 Å². The van der Waals surface area contributed by atoms with Crippen molar-refractivity contribution in [3.8, 4) is 0 Å². The first-order valence-electron chi connectivity index (χ1n) is 6.00. The molecule has 0 spiro atoms. The van der Waals surface area contributed by atoms with E-state index in [1.165, 1.54) is 25.3 Å². The summed E-state index contributed by atoms with van der Waals surface area (Å²) in [7, 11) is -2.72. The number of halogens is 2. The van der Waals surface area contributed by atoms with E-state index in [9.17, 15) is 17.6 Å². The Kier molecular flexibility index (Phi) is 4.68. The largest absolute Gasteiger partial charge is 0.465 e. The topological polar surface area (TPSA) is 72.5 Å². The molecule has 22 heavy (non-hydrogen) atoms. The van der Waals surface area contributed by atoms with Gasteiger partial charge in [-0.2, -0.15) is 0 Å². The number of anilines is 1. The summed E-state index contributed by atoms with van der Waals surface area (Å²) in [5.74, 6) is -1.23. The molecule has 0 saturated heterocycles. The van der Waals surface area contributed by atoms with Gasteiger partial charge < -0.3 is 4.74 Å². The maximum Gasteiger partial charge on any atom is 0.339 e. The molecule has 8 heteroatoms. The minimum Gasteiger partial charge on any atom is -0.465 e. The standard InChI is InChI=1S/C14H11ClFNO4S/c1-21-14(18)12-8-10(4-7-13(12)15)17-22(19,20)11-5-2-9(16)3-6-11/h2-8,17H,1H3. The summed E-state index contributed by atoms with van der Waals surface area (Å²) in [5, 5.41) is 0.136. The Morgan fingerprint density at radius 1 is 1.18 bits per heavy atom. The molecule has 0 unspecified atom stereocenters. The Balaban J connectivity index is 2.34. The van der Waals surface area contributed by atoms with E-state index in [4.69, 9.17) is 11.6 Å². The summed E-state index contributed by atoms with van der Waals surface area (Å²) in [6, 6.07) is 8.37. The highest BCUT2D eigenvalue weighted by molar-refractivity contribution is 7.92. The maximum absolute atomic E-state index is 12.8. The molecule has 0 amide bonds. The average Bonchev–Trinajstić information content (AvgIpc) is 2.48. The van der Waals surface area contributed by atoms with Gasteiger partial charge in [-0.15, -0.1) is 0 Å². The Labute approximate surface area is 131 Å². The lowest BCUT2D eigenvalue weighted by Gasteiger charge is -2.10. The number of hydrogen-bond donors (Lipinski definition) is 1. The molecule has 0 radical (unpaired) electrons. The molecule has 2 aromatic carbocycles. The van der Waals surface area contributed by atoms with Crippen LogP contribution in [0.15, 0.2) is 47.4 Å².